The van der Waals surface area contributed by atoms with E-state index in [1.165, 1.54) is 0 Å². The van der Waals surface area contributed by atoms with Gasteiger partial charge in [0.15, 0.2) is 0 Å². The number of halogens is 1. The van der Waals surface area contributed by atoms with E-state index >= 15 is 0 Å². The summed E-state index contributed by atoms with van der Waals surface area (Å²) in [7, 11) is 1.60. The first kappa shape index (κ1) is 11.4. The first-order valence-corrected chi connectivity index (χ1v) is 6.22. The molecule has 1 amide bonds. The fourth-order valence-electron chi connectivity index (χ4n) is 1.87. The van der Waals surface area contributed by atoms with E-state index in [2.05, 4.69) is 20.9 Å². The van der Waals surface area contributed by atoms with Crippen LogP contribution < -0.4 is 9.64 Å². The molecule has 2 rings (SSSR count). The van der Waals surface area contributed by atoms with Gasteiger partial charge < -0.3 is 9.64 Å². The SMILES string of the molecule is COc1ccncc1N1CC(CBr)CC1=O. The summed E-state index contributed by atoms with van der Waals surface area (Å²) in [6.45, 7) is 0.728. The Kier molecular flexibility index (Phi) is 3.43. The van der Waals surface area contributed by atoms with Crippen LogP contribution in [0.15, 0.2) is 18.5 Å². The Morgan fingerprint density at radius 1 is 1.69 bits per heavy atom. The van der Waals surface area contributed by atoms with Crippen LogP contribution in [0.5, 0.6) is 5.75 Å². The van der Waals surface area contributed by atoms with Gasteiger partial charge >= 0.3 is 0 Å². The lowest BCUT2D eigenvalue weighted by Crippen LogP contribution is -2.25. The Balaban J connectivity index is 2.27. The molecule has 1 aromatic rings. The van der Waals surface area contributed by atoms with Crippen LogP contribution in [0.2, 0.25) is 0 Å². The van der Waals surface area contributed by atoms with Gasteiger partial charge in [0.05, 0.1) is 13.3 Å². The van der Waals surface area contributed by atoms with Crippen LogP contribution in [0.4, 0.5) is 5.69 Å². The summed E-state index contributed by atoms with van der Waals surface area (Å²) >= 11 is 3.41. The molecule has 16 heavy (non-hydrogen) atoms. The molecule has 0 aliphatic carbocycles. The molecule has 4 nitrogen and oxygen atoms in total. The van der Waals surface area contributed by atoms with Crippen LogP contribution in [-0.4, -0.2) is 29.9 Å². The minimum absolute atomic E-state index is 0.135. The maximum atomic E-state index is 11.8. The van der Waals surface area contributed by atoms with Crippen LogP contribution in [0.3, 0.4) is 0 Å². The number of methoxy groups -OCH3 is 1. The van der Waals surface area contributed by atoms with E-state index in [0.717, 1.165) is 17.6 Å². The van der Waals surface area contributed by atoms with Gasteiger partial charge in [-0.05, 0) is 5.92 Å². The van der Waals surface area contributed by atoms with Gasteiger partial charge in [0, 0.05) is 30.6 Å². The van der Waals surface area contributed by atoms with E-state index in [9.17, 15) is 4.79 Å². The number of hydrogen-bond acceptors (Lipinski definition) is 3. The van der Waals surface area contributed by atoms with Gasteiger partial charge in [0.25, 0.3) is 0 Å². The van der Waals surface area contributed by atoms with Crippen molar-refractivity contribution < 1.29 is 9.53 Å². The number of alkyl halides is 1. The summed E-state index contributed by atoms with van der Waals surface area (Å²) in [4.78, 5) is 17.6. The molecule has 0 spiro atoms. The normalized spacial score (nSPS) is 20.2. The highest BCUT2D eigenvalue weighted by molar-refractivity contribution is 9.09. The number of nitrogens with zero attached hydrogens (tertiary/aromatic N) is 2. The quantitative estimate of drug-likeness (QED) is 0.796. The zero-order valence-corrected chi connectivity index (χ0v) is 10.6. The number of rotatable bonds is 3. The monoisotopic (exact) mass is 284 g/mol. The zero-order chi connectivity index (χ0) is 11.5. The molecular weight excluding hydrogens is 272 g/mol. The van der Waals surface area contributed by atoms with Gasteiger partial charge in [-0.15, -0.1) is 0 Å². The molecule has 1 aliphatic rings. The topological polar surface area (TPSA) is 42.4 Å². The van der Waals surface area contributed by atoms with Crippen molar-refractivity contribution in [1.29, 1.82) is 0 Å². The molecule has 0 aromatic carbocycles. The van der Waals surface area contributed by atoms with Crippen molar-refractivity contribution in [2.45, 2.75) is 6.42 Å². The summed E-state index contributed by atoms with van der Waals surface area (Å²) in [5.41, 5.74) is 0.762. The van der Waals surface area contributed by atoms with E-state index in [-0.39, 0.29) is 5.91 Å². The van der Waals surface area contributed by atoms with Crippen LogP contribution in [0.25, 0.3) is 0 Å². The average molecular weight is 285 g/mol. The first-order valence-electron chi connectivity index (χ1n) is 5.10. The van der Waals surface area contributed by atoms with E-state index in [4.69, 9.17) is 4.74 Å². The highest BCUT2D eigenvalue weighted by Gasteiger charge is 2.31. The number of aromatic nitrogens is 1. The molecule has 0 N–H and O–H groups in total. The molecule has 1 fully saturated rings. The van der Waals surface area contributed by atoms with Gasteiger partial charge in [-0.1, -0.05) is 15.9 Å². The minimum Gasteiger partial charge on any atom is -0.494 e. The summed E-state index contributed by atoms with van der Waals surface area (Å²) in [6.07, 6.45) is 3.92. The van der Waals surface area contributed by atoms with Crippen LogP contribution in [0, 0.1) is 5.92 Å². The predicted octanol–water partition coefficient (Wildman–Crippen LogP) is 1.84. The number of ether oxygens (including phenoxy) is 1. The molecule has 0 bridgehead atoms. The maximum absolute atomic E-state index is 11.8. The fourth-order valence-corrected chi connectivity index (χ4v) is 2.30. The molecule has 1 aliphatic heterocycles. The van der Waals surface area contributed by atoms with E-state index in [1.54, 1.807) is 30.5 Å². The lowest BCUT2D eigenvalue weighted by molar-refractivity contribution is -0.117. The maximum Gasteiger partial charge on any atom is 0.227 e. The summed E-state index contributed by atoms with van der Waals surface area (Å²) in [5, 5.41) is 0.845. The number of carbonyl (C=O) groups is 1. The number of hydrogen-bond donors (Lipinski definition) is 0. The van der Waals surface area contributed by atoms with E-state index < -0.39 is 0 Å². The number of carbonyl (C=O) groups excluding carboxylic acids is 1. The van der Waals surface area contributed by atoms with E-state index in [1.807, 2.05) is 0 Å². The molecular formula is C11H13BrN2O2. The van der Waals surface area contributed by atoms with Crippen LogP contribution in [-0.2, 0) is 4.79 Å². The lowest BCUT2D eigenvalue weighted by atomic mass is 10.2. The van der Waals surface area contributed by atoms with Crippen molar-refractivity contribution in [3.8, 4) is 5.75 Å². The Morgan fingerprint density at radius 2 is 2.50 bits per heavy atom. The Morgan fingerprint density at radius 3 is 3.12 bits per heavy atom. The van der Waals surface area contributed by atoms with E-state index in [0.29, 0.717) is 18.1 Å². The van der Waals surface area contributed by atoms with Crippen molar-refractivity contribution >= 4 is 27.5 Å². The van der Waals surface area contributed by atoms with Crippen molar-refractivity contribution in [2.24, 2.45) is 5.92 Å². The second-order valence-electron chi connectivity index (χ2n) is 3.78. The van der Waals surface area contributed by atoms with Gasteiger partial charge in [0.1, 0.15) is 11.4 Å². The highest BCUT2D eigenvalue weighted by Crippen LogP contribution is 2.32. The zero-order valence-electron chi connectivity index (χ0n) is 9.02. The third kappa shape index (κ3) is 2.04. The number of anilines is 1. The summed E-state index contributed by atoms with van der Waals surface area (Å²) in [6, 6.07) is 1.77. The Labute approximate surface area is 103 Å². The molecule has 1 aromatic heterocycles. The minimum atomic E-state index is 0.135. The van der Waals surface area contributed by atoms with Gasteiger partial charge in [-0.3, -0.25) is 9.78 Å². The van der Waals surface area contributed by atoms with Crippen molar-refractivity contribution in [3.05, 3.63) is 18.5 Å². The second kappa shape index (κ2) is 4.82. The molecule has 0 radical (unpaired) electrons. The first-order chi connectivity index (χ1) is 7.76. The fraction of sp³-hybridized carbons (Fsp3) is 0.455. The third-order valence-electron chi connectivity index (χ3n) is 2.70. The largest absolute Gasteiger partial charge is 0.494 e. The molecule has 1 unspecified atom stereocenters. The van der Waals surface area contributed by atoms with Crippen LogP contribution in [0.1, 0.15) is 6.42 Å². The molecule has 5 heteroatoms. The van der Waals surface area contributed by atoms with Gasteiger partial charge in [-0.25, -0.2) is 0 Å². The average Bonchev–Trinajstić information content (AvgIpc) is 2.70. The smallest absolute Gasteiger partial charge is 0.227 e. The lowest BCUT2D eigenvalue weighted by Gasteiger charge is -2.18. The number of amides is 1. The summed E-state index contributed by atoms with van der Waals surface area (Å²) < 4.78 is 5.23. The van der Waals surface area contributed by atoms with Gasteiger partial charge in [0.2, 0.25) is 5.91 Å². The molecule has 1 atom stereocenters. The van der Waals surface area contributed by atoms with Crippen molar-refractivity contribution in [1.82, 2.24) is 4.98 Å². The van der Waals surface area contributed by atoms with Crippen LogP contribution >= 0.6 is 15.9 Å². The molecule has 2 heterocycles. The van der Waals surface area contributed by atoms with Crippen molar-refractivity contribution in [3.63, 3.8) is 0 Å². The molecule has 1 saturated heterocycles. The molecule has 0 saturated carbocycles. The van der Waals surface area contributed by atoms with Crippen molar-refractivity contribution in [2.75, 3.05) is 23.9 Å². The number of pyridine rings is 1. The summed E-state index contributed by atoms with van der Waals surface area (Å²) in [5.74, 6) is 1.20. The molecule has 86 valence electrons. The second-order valence-corrected chi connectivity index (χ2v) is 4.42. The standard InChI is InChI=1S/C11H13BrN2O2/c1-16-10-2-3-13-6-9(10)14-7-8(5-12)4-11(14)15/h2-3,6,8H,4-5,7H2,1H3. The Bertz CT molecular complexity index is 397. The third-order valence-corrected chi connectivity index (χ3v) is 3.61. The highest BCUT2D eigenvalue weighted by atomic mass is 79.9. The Hall–Kier alpha value is -1.10. The predicted molar refractivity (Wildman–Crippen MR) is 65.0 cm³/mol. The van der Waals surface area contributed by atoms with Gasteiger partial charge in [-0.2, -0.15) is 0 Å².